The highest BCUT2D eigenvalue weighted by molar-refractivity contribution is 5.75. The summed E-state index contributed by atoms with van der Waals surface area (Å²) in [5.41, 5.74) is 4.20. The molecule has 0 spiro atoms. The van der Waals surface area contributed by atoms with Crippen molar-refractivity contribution in [1.29, 1.82) is 0 Å². The Morgan fingerprint density at radius 2 is 2.10 bits per heavy atom. The molecule has 1 saturated carbocycles. The number of aliphatic hydroxyl groups is 2. The highest BCUT2D eigenvalue weighted by Gasteiger charge is 2.43. The predicted molar refractivity (Wildman–Crippen MR) is 126 cm³/mol. The number of rotatable bonds is 12. The number of aryl methyl sites for hydroxylation is 2. The van der Waals surface area contributed by atoms with Crippen LogP contribution >= 0.6 is 0 Å². The number of allylic oxidation sites excluding steroid dienone is 3. The van der Waals surface area contributed by atoms with Crippen molar-refractivity contribution in [3.63, 3.8) is 0 Å². The smallest absolute Gasteiger partial charge is 0.219 e. The van der Waals surface area contributed by atoms with Gasteiger partial charge in [-0.25, -0.2) is 0 Å². The van der Waals surface area contributed by atoms with Crippen LogP contribution in [0, 0.1) is 24.7 Å². The summed E-state index contributed by atoms with van der Waals surface area (Å²) in [6.07, 6.45) is 15.0. The Morgan fingerprint density at radius 1 is 1.23 bits per heavy atom. The number of carbonyl (C=O) groups is 1. The maximum absolute atomic E-state index is 11.7. The minimum atomic E-state index is -0.217. The van der Waals surface area contributed by atoms with E-state index in [9.17, 15) is 9.90 Å². The molecule has 3 rings (SSSR count). The first-order chi connectivity index (χ1) is 15.1. The van der Waals surface area contributed by atoms with Gasteiger partial charge in [-0.15, -0.1) is 0 Å². The Labute approximate surface area is 187 Å². The molecule has 3 N–H and O–H groups in total. The summed E-state index contributed by atoms with van der Waals surface area (Å²) in [4.78, 5) is 11.7. The maximum Gasteiger partial charge on any atom is 0.219 e. The van der Waals surface area contributed by atoms with E-state index in [0.717, 1.165) is 44.9 Å². The van der Waals surface area contributed by atoms with Gasteiger partial charge in [0.25, 0.3) is 0 Å². The monoisotopic (exact) mass is 425 g/mol. The van der Waals surface area contributed by atoms with Gasteiger partial charge in [0.05, 0.1) is 6.10 Å². The van der Waals surface area contributed by atoms with Crippen molar-refractivity contribution in [2.45, 2.75) is 70.8 Å². The number of hydrogen-bond acceptors (Lipinski definition) is 3. The minimum absolute atomic E-state index is 0.0877. The molecule has 4 atom stereocenters. The van der Waals surface area contributed by atoms with Gasteiger partial charge in [-0.2, -0.15) is 0 Å². The first kappa shape index (κ1) is 23.7. The van der Waals surface area contributed by atoms with Crippen molar-refractivity contribution in [2.24, 2.45) is 17.8 Å². The van der Waals surface area contributed by atoms with Crippen LogP contribution in [0.5, 0.6) is 0 Å². The van der Waals surface area contributed by atoms with Crippen molar-refractivity contribution in [3.8, 4) is 0 Å². The van der Waals surface area contributed by atoms with Crippen molar-refractivity contribution >= 4 is 5.91 Å². The predicted octanol–water partition coefficient (Wildman–Crippen LogP) is 4.49. The lowest BCUT2D eigenvalue weighted by atomic mass is 9.88. The van der Waals surface area contributed by atoms with Crippen molar-refractivity contribution in [2.75, 3.05) is 13.2 Å². The number of amides is 1. The molecule has 0 aromatic heterocycles. The molecule has 2 aliphatic rings. The number of unbranched alkanes of at least 4 members (excludes halogenated alkanes) is 1. The Morgan fingerprint density at radius 3 is 2.90 bits per heavy atom. The molecule has 0 radical (unpaired) electrons. The molecule has 0 bridgehead atoms. The molecule has 0 saturated heterocycles. The van der Waals surface area contributed by atoms with E-state index in [1.807, 2.05) is 0 Å². The second-order valence-corrected chi connectivity index (χ2v) is 9.33. The lowest BCUT2D eigenvalue weighted by molar-refractivity contribution is -0.121. The third-order valence-corrected chi connectivity index (χ3v) is 6.80. The van der Waals surface area contributed by atoms with E-state index in [2.05, 4.69) is 54.7 Å². The molecular weight excluding hydrogens is 386 g/mol. The highest BCUT2D eigenvalue weighted by atomic mass is 16.3. The van der Waals surface area contributed by atoms with E-state index in [-0.39, 0.29) is 24.5 Å². The molecule has 1 aromatic carbocycles. The summed E-state index contributed by atoms with van der Waals surface area (Å²) in [5, 5.41) is 22.2. The van der Waals surface area contributed by atoms with Crippen LogP contribution in [0.3, 0.4) is 0 Å². The Balaban J connectivity index is 1.37. The van der Waals surface area contributed by atoms with Crippen LogP contribution in [-0.2, 0) is 11.2 Å². The van der Waals surface area contributed by atoms with E-state index in [0.29, 0.717) is 31.2 Å². The van der Waals surface area contributed by atoms with Gasteiger partial charge in [-0.3, -0.25) is 4.79 Å². The maximum atomic E-state index is 11.7. The molecule has 1 amide bonds. The zero-order chi connectivity index (χ0) is 22.1. The van der Waals surface area contributed by atoms with Gasteiger partial charge >= 0.3 is 0 Å². The van der Waals surface area contributed by atoms with Crippen LogP contribution in [-0.4, -0.2) is 35.4 Å². The average molecular weight is 426 g/mol. The number of benzene rings is 1. The van der Waals surface area contributed by atoms with Crippen LogP contribution in [0.1, 0.15) is 62.5 Å². The lowest BCUT2D eigenvalue weighted by Gasteiger charge is -2.18. The number of hydrogen-bond donors (Lipinski definition) is 3. The summed E-state index contributed by atoms with van der Waals surface area (Å²) < 4.78 is 0. The fraction of sp³-hybridized carbons (Fsp3) is 0.593. The number of nitrogens with one attached hydrogen (secondary N) is 1. The second kappa shape index (κ2) is 12.2. The summed E-state index contributed by atoms with van der Waals surface area (Å²) >= 11 is 0. The zero-order valence-electron chi connectivity index (χ0n) is 18.9. The topological polar surface area (TPSA) is 69.6 Å². The lowest BCUT2D eigenvalue weighted by Crippen LogP contribution is -2.24. The third kappa shape index (κ3) is 7.33. The molecule has 1 aromatic rings. The first-order valence-electron chi connectivity index (χ1n) is 12.0. The molecule has 1 fully saturated rings. The highest BCUT2D eigenvalue weighted by Crippen LogP contribution is 2.48. The molecule has 31 heavy (non-hydrogen) atoms. The van der Waals surface area contributed by atoms with E-state index in [1.165, 1.54) is 16.7 Å². The number of carbonyl (C=O) groups excluding carboxylic acids is 1. The molecule has 2 aliphatic carbocycles. The SMILES string of the molecule is Cc1cccc(CCC=C[C@@H]2[C@H]3CC(CCCCC(=O)NCCCO)=C[C@H]3C[C@H]2O)c1. The van der Waals surface area contributed by atoms with Crippen LogP contribution in [0.4, 0.5) is 0 Å². The molecule has 4 nitrogen and oxygen atoms in total. The fourth-order valence-corrected chi connectivity index (χ4v) is 5.19. The van der Waals surface area contributed by atoms with Crippen molar-refractivity contribution in [3.05, 3.63) is 59.2 Å². The molecule has 0 aliphatic heterocycles. The summed E-state index contributed by atoms with van der Waals surface area (Å²) in [7, 11) is 0. The van der Waals surface area contributed by atoms with Crippen LogP contribution in [0.15, 0.2) is 48.1 Å². The van der Waals surface area contributed by atoms with Crippen LogP contribution < -0.4 is 5.32 Å². The standard InChI is InChI=1S/C27H39NO3/c1-20-8-6-11-21(16-20)9-2-4-12-24-25-18-22(17-23(25)19-26(24)30)10-3-5-13-27(31)28-14-7-15-29/h4,6,8,11-12,16-17,23-26,29-30H,2-3,5,7,9-10,13-15,18-19H2,1H3,(H,28,31)/t23-,24+,25-,26+/m0/s1. The van der Waals surface area contributed by atoms with Gasteiger partial charge in [-0.05, 0) is 75.7 Å². The fourth-order valence-electron chi connectivity index (χ4n) is 5.19. The zero-order valence-corrected chi connectivity index (χ0v) is 18.9. The first-order valence-corrected chi connectivity index (χ1v) is 12.0. The van der Waals surface area contributed by atoms with E-state index in [4.69, 9.17) is 5.11 Å². The minimum Gasteiger partial charge on any atom is -0.396 e. The Kier molecular flexibility index (Phi) is 9.35. The van der Waals surface area contributed by atoms with Crippen molar-refractivity contribution < 1.29 is 15.0 Å². The molecule has 4 heteroatoms. The van der Waals surface area contributed by atoms with Crippen molar-refractivity contribution in [1.82, 2.24) is 5.32 Å². The second-order valence-electron chi connectivity index (χ2n) is 9.33. The molecular formula is C27H39NO3. The third-order valence-electron chi connectivity index (χ3n) is 6.80. The van der Waals surface area contributed by atoms with Gasteiger partial charge < -0.3 is 15.5 Å². The summed E-state index contributed by atoms with van der Waals surface area (Å²) in [5.74, 6) is 1.42. The Bertz CT molecular complexity index is 769. The van der Waals surface area contributed by atoms with Crippen LogP contribution in [0.25, 0.3) is 0 Å². The molecule has 170 valence electrons. The van der Waals surface area contributed by atoms with E-state index >= 15 is 0 Å². The number of fused-ring (bicyclic) bond motifs is 1. The summed E-state index contributed by atoms with van der Waals surface area (Å²) in [6, 6.07) is 8.69. The number of aliphatic hydroxyl groups excluding tert-OH is 2. The quantitative estimate of drug-likeness (QED) is 0.341. The average Bonchev–Trinajstić information content (AvgIpc) is 3.25. The van der Waals surface area contributed by atoms with E-state index < -0.39 is 0 Å². The van der Waals surface area contributed by atoms with Gasteiger partial charge in [0.15, 0.2) is 0 Å². The normalized spacial score (nSPS) is 25.1. The van der Waals surface area contributed by atoms with E-state index in [1.54, 1.807) is 0 Å². The largest absolute Gasteiger partial charge is 0.396 e. The van der Waals surface area contributed by atoms with Gasteiger partial charge in [0.1, 0.15) is 0 Å². The Hall–Kier alpha value is -1.91. The van der Waals surface area contributed by atoms with Crippen LogP contribution in [0.2, 0.25) is 0 Å². The van der Waals surface area contributed by atoms with Gasteiger partial charge in [-0.1, -0.05) is 53.6 Å². The van der Waals surface area contributed by atoms with Gasteiger partial charge in [0, 0.05) is 25.5 Å². The molecule has 0 heterocycles. The van der Waals surface area contributed by atoms with Gasteiger partial charge in [0.2, 0.25) is 5.91 Å². The summed E-state index contributed by atoms with van der Waals surface area (Å²) in [6.45, 7) is 2.81. The molecule has 0 unspecified atom stereocenters.